The van der Waals surface area contributed by atoms with Crippen LogP contribution in [0.25, 0.3) is 6.08 Å². The average molecular weight is 407 g/mol. The predicted molar refractivity (Wildman–Crippen MR) is 104 cm³/mol. The molecule has 10 heteroatoms. The number of nitrogens with one attached hydrogen (secondary N) is 1. The van der Waals surface area contributed by atoms with Gasteiger partial charge in [-0.05, 0) is 18.6 Å². The van der Waals surface area contributed by atoms with Crippen molar-refractivity contribution < 1.29 is 24.3 Å². The molecule has 8 nitrogen and oxygen atoms in total. The summed E-state index contributed by atoms with van der Waals surface area (Å²) in [6, 6.07) is 6.07. The lowest BCUT2D eigenvalue weighted by molar-refractivity contribution is -0.143. The molecule has 1 aromatic carbocycles. The van der Waals surface area contributed by atoms with Gasteiger partial charge < -0.3 is 16.2 Å². The molecule has 0 spiro atoms. The van der Waals surface area contributed by atoms with Gasteiger partial charge in [-0.25, -0.2) is 4.79 Å². The zero-order valence-corrected chi connectivity index (χ0v) is 15.9. The maximum absolute atomic E-state index is 12.5. The third-order valence-corrected chi connectivity index (χ3v) is 4.97. The van der Waals surface area contributed by atoms with Gasteiger partial charge in [0, 0.05) is 0 Å². The number of nitrogens with two attached hydrogens (primary N) is 1. The van der Waals surface area contributed by atoms with E-state index in [1.165, 1.54) is 0 Å². The number of carbonyl (C=O) groups excluding carboxylic acids is 3. The Kier molecular flexibility index (Phi) is 6.70. The van der Waals surface area contributed by atoms with Crippen LogP contribution in [0.4, 0.5) is 0 Å². The third kappa shape index (κ3) is 5.63. The van der Waals surface area contributed by atoms with Gasteiger partial charge in [0.1, 0.15) is 16.9 Å². The Hall–Kier alpha value is -2.72. The second-order valence-electron chi connectivity index (χ2n) is 5.81. The fraction of sp³-hybridized carbons (Fsp3) is 0.235. The van der Waals surface area contributed by atoms with Gasteiger partial charge in [-0.15, -0.1) is 0 Å². The molecule has 0 radical (unpaired) electrons. The van der Waals surface area contributed by atoms with Gasteiger partial charge in [-0.2, -0.15) is 0 Å². The van der Waals surface area contributed by atoms with Crippen molar-refractivity contribution in [3.05, 3.63) is 40.3 Å². The van der Waals surface area contributed by atoms with Gasteiger partial charge in [-0.3, -0.25) is 19.3 Å². The maximum Gasteiger partial charge on any atom is 0.326 e. The molecule has 1 heterocycles. The van der Waals surface area contributed by atoms with Crippen LogP contribution in [0.3, 0.4) is 0 Å². The highest BCUT2D eigenvalue weighted by molar-refractivity contribution is 8.26. The highest BCUT2D eigenvalue weighted by Crippen LogP contribution is 2.32. The molecule has 0 bridgehead atoms. The van der Waals surface area contributed by atoms with Crippen molar-refractivity contribution >= 4 is 58.1 Å². The van der Waals surface area contributed by atoms with Crippen LogP contribution in [0.5, 0.6) is 0 Å². The number of rotatable bonds is 7. The lowest BCUT2D eigenvalue weighted by Crippen LogP contribution is -2.47. The summed E-state index contributed by atoms with van der Waals surface area (Å²) in [6.07, 6.45) is 1.12. The standard InChI is InChI=1S/C17H17N3O5S2/c1-9-2-4-10(5-3-9)6-12-15(23)20(17(26)27-12)8-14(22)19-11(16(24)25)7-13(18)21/h2-6,11H,7-8H2,1H3,(H2,18,21)(H,19,22)(H,24,25)/b12-6+. The minimum absolute atomic E-state index is 0.190. The van der Waals surface area contributed by atoms with Crippen LogP contribution in [0, 0.1) is 6.92 Å². The van der Waals surface area contributed by atoms with Crippen LogP contribution >= 0.6 is 24.0 Å². The average Bonchev–Trinajstić information content (AvgIpc) is 2.83. The third-order valence-electron chi connectivity index (χ3n) is 3.59. The minimum atomic E-state index is -1.46. The van der Waals surface area contributed by atoms with E-state index in [-0.39, 0.29) is 4.32 Å². The number of hydrogen-bond donors (Lipinski definition) is 3. The lowest BCUT2D eigenvalue weighted by Gasteiger charge is -2.17. The fourth-order valence-corrected chi connectivity index (χ4v) is 3.49. The van der Waals surface area contributed by atoms with Crippen LogP contribution < -0.4 is 11.1 Å². The van der Waals surface area contributed by atoms with E-state index in [9.17, 15) is 19.2 Å². The van der Waals surface area contributed by atoms with E-state index in [0.29, 0.717) is 4.91 Å². The van der Waals surface area contributed by atoms with E-state index >= 15 is 0 Å². The van der Waals surface area contributed by atoms with Crippen molar-refractivity contribution in [3.63, 3.8) is 0 Å². The van der Waals surface area contributed by atoms with Gasteiger partial charge >= 0.3 is 5.97 Å². The summed E-state index contributed by atoms with van der Waals surface area (Å²) in [7, 11) is 0. The SMILES string of the molecule is Cc1ccc(/C=C2/SC(=S)N(CC(=O)NC(CC(N)=O)C(=O)O)C2=O)cc1. The molecule has 1 aliphatic rings. The van der Waals surface area contributed by atoms with Crippen molar-refractivity contribution in [1.29, 1.82) is 0 Å². The molecule has 142 valence electrons. The summed E-state index contributed by atoms with van der Waals surface area (Å²) in [5, 5.41) is 11.2. The first-order valence-corrected chi connectivity index (χ1v) is 9.02. The van der Waals surface area contributed by atoms with E-state index < -0.39 is 42.7 Å². The summed E-state index contributed by atoms with van der Waals surface area (Å²) in [5.74, 6) is -3.46. The van der Waals surface area contributed by atoms with Crippen LogP contribution in [-0.2, 0) is 19.2 Å². The van der Waals surface area contributed by atoms with Crippen LogP contribution in [-0.4, -0.2) is 50.6 Å². The predicted octanol–water partition coefficient (Wildman–Crippen LogP) is 0.641. The molecule has 0 aliphatic carbocycles. The number of carbonyl (C=O) groups is 4. The maximum atomic E-state index is 12.5. The molecular formula is C17H17N3O5S2. The fourth-order valence-electron chi connectivity index (χ4n) is 2.24. The van der Waals surface area contributed by atoms with Crippen molar-refractivity contribution in [2.75, 3.05) is 6.54 Å². The number of hydrogen-bond acceptors (Lipinski definition) is 6. The largest absolute Gasteiger partial charge is 0.480 e. The summed E-state index contributed by atoms with van der Waals surface area (Å²) in [6.45, 7) is 1.50. The number of primary amides is 1. The van der Waals surface area contributed by atoms with E-state index in [0.717, 1.165) is 27.8 Å². The Bertz CT molecular complexity index is 835. The number of aryl methyl sites for hydroxylation is 1. The van der Waals surface area contributed by atoms with Gasteiger partial charge in [0.05, 0.1) is 11.3 Å². The smallest absolute Gasteiger partial charge is 0.326 e. The van der Waals surface area contributed by atoms with Crippen LogP contribution in [0.1, 0.15) is 17.5 Å². The Morgan fingerprint density at radius 2 is 1.96 bits per heavy atom. The number of thiocarbonyl (C=S) groups is 1. The molecule has 3 amide bonds. The number of benzene rings is 1. The second kappa shape index (κ2) is 8.78. The minimum Gasteiger partial charge on any atom is -0.480 e. The van der Waals surface area contributed by atoms with Crippen molar-refractivity contribution in [3.8, 4) is 0 Å². The first kappa shape index (κ1) is 20.6. The van der Waals surface area contributed by atoms with Gasteiger partial charge in [0.25, 0.3) is 5.91 Å². The van der Waals surface area contributed by atoms with E-state index in [1.807, 2.05) is 31.2 Å². The number of carboxylic acids is 1. The molecule has 0 aromatic heterocycles. The number of thioether (sulfide) groups is 1. The van der Waals surface area contributed by atoms with Crippen molar-refractivity contribution in [2.45, 2.75) is 19.4 Å². The zero-order valence-electron chi connectivity index (χ0n) is 14.3. The first-order valence-electron chi connectivity index (χ1n) is 7.80. The van der Waals surface area contributed by atoms with Crippen molar-refractivity contribution in [2.24, 2.45) is 5.73 Å². The molecule has 1 fully saturated rings. The quantitative estimate of drug-likeness (QED) is 0.447. The van der Waals surface area contributed by atoms with E-state index in [2.05, 4.69) is 5.32 Å². The molecule has 2 rings (SSSR count). The molecule has 1 atom stereocenters. The zero-order chi connectivity index (χ0) is 20.1. The van der Waals surface area contributed by atoms with Crippen LogP contribution in [0.15, 0.2) is 29.2 Å². The summed E-state index contributed by atoms with van der Waals surface area (Å²) >= 11 is 6.20. The Balaban J connectivity index is 2.06. The Morgan fingerprint density at radius 1 is 1.33 bits per heavy atom. The number of carboxylic acid groups (broad SMARTS) is 1. The topological polar surface area (TPSA) is 130 Å². The first-order chi connectivity index (χ1) is 12.7. The highest BCUT2D eigenvalue weighted by atomic mass is 32.2. The summed E-state index contributed by atoms with van der Waals surface area (Å²) < 4.78 is 0.190. The number of nitrogens with zero attached hydrogens (tertiary/aromatic N) is 1. The number of aliphatic carboxylic acids is 1. The van der Waals surface area contributed by atoms with Crippen molar-refractivity contribution in [1.82, 2.24) is 10.2 Å². The Labute approximate surface area is 164 Å². The molecule has 1 aromatic rings. The molecule has 0 saturated carbocycles. The molecule has 1 unspecified atom stereocenters. The van der Waals surface area contributed by atoms with E-state index in [1.54, 1.807) is 6.08 Å². The van der Waals surface area contributed by atoms with E-state index in [4.69, 9.17) is 23.1 Å². The monoisotopic (exact) mass is 407 g/mol. The lowest BCUT2D eigenvalue weighted by atomic mass is 10.1. The molecular weight excluding hydrogens is 390 g/mol. The second-order valence-corrected chi connectivity index (χ2v) is 7.48. The molecule has 4 N–H and O–H groups in total. The molecule has 1 aliphatic heterocycles. The number of amides is 3. The molecule has 27 heavy (non-hydrogen) atoms. The van der Waals surface area contributed by atoms with Gasteiger partial charge in [-0.1, -0.05) is 53.8 Å². The van der Waals surface area contributed by atoms with Gasteiger partial charge in [0.2, 0.25) is 11.8 Å². The summed E-state index contributed by atoms with van der Waals surface area (Å²) in [4.78, 5) is 48.0. The molecule has 1 saturated heterocycles. The normalized spacial score (nSPS) is 16.5. The van der Waals surface area contributed by atoms with Gasteiger partial charge in [0.15, 0.2) is 0 Å². The highest BCUT2D eigenvalue weighted by Gasteiger charge is 2.34. The Morgan fingerprint density at radius 3 is 2.52 bits per heavy atom. The summed E-state index contributed by atoms with van der Waals surface area (Å²) in [5.41, 5.74) is 6.87. The van der Waals surface area contributed by atoms with Crippen LogP contribution in [0.2, 0.25) is 0 Å².